The van der Waals surface area contributed by atoms with Crippen LogP contribution in [0.4, 0.5) is 0 Å². The van der Waals surface area contributed by atoms with Crippen LogP contribution < -0.4 is 5.14 Å². The number of hydrogen-bond acceptors (Lipinski definition) is 4. The van der Waals surface area contributed by atoms with E-state index in [1.165, 1.54) is 24.3 Å². The second-order valence-electron chi connectivity index (χ2n) is 6.30. The van der Waals surface area contributed by atoms with Crippen molar-refractivity contribution in [2.24, 2.45) is 17.0 Å². The Bertz CT molecular complexity index is 669. The first kappa shape index (κ1) is 16.9. The molecule has 1 aliphatic rings. The third-order valence-electron chi connectivity index (χ3n) is 4.51. The predicted octanol–water partition coefficient (Wildman–Crippen LogP) is 0.813. The normalized spacial score (nSPS) is 25.7. The van der Waals surface area contributed by atoms with E-state index >= 15 is 0 Å². The molecule has 0 aromatic heterocycles. The zero-order valence-electron chi connectivity index (χ0n) is 13.0. The van der Waals surface area contributed by atoms with Crippen LogP contribution in [-0.2, 0) is 10.0 Å². The first-order valence-corrected chi connectivity index (χ1v) is 8.75. The van der Waals surface area contributed by atoms with E-state index in [0.717, 1.165) is 0 Å². The molecule has 22 heavy (non-hydrogen) atoms. The maximum Gasteiger partial charge on any atom is 0.253 e. The summed E-state index contributed by atoms with van der Waals surface area (Å²) in [5.74, 6) is -0.186. The molecule has 0 aliphatic carbocycles. The van der Waals surface area contributed by atoms with Crippen molar-refractivity contribution in [1.29, 1.82) is 0 Å². The van der Waals surface area contributed by atoms with Gasteiger partial charge in [-0.15, -0.1) is 0 Å². The molecule has 0 unspecified atom stereocenters. The Morgan fingerprint density at radius 2 is 1.91 bits per heavy atom. The molecule has 1 saturated heterocycles. The molecule has 122 valence electrons. The van der Waals surface area contributed by atoms with Crippen LogP contribution in [0.15, 0.2) is 29.2 Å². The minimum atomic E-state index is -3.77. The Morgan fingerprint density at radius 1 is 1.36 bits per heavy atom. The van der Waals surface area contributed by atoms with Gasteiger partial charge in [0.2, 0.25) is 10.0 Å². The van der Waals surface area contributed by atoms with E-state index in [4.69, 9.17) is 5.14 Å². The summed E-state index contributed by atoms with van der Waals surface area (Å²) in [4.78, 5) is 14.1. The van der Waals surface area contributed by atoms with Gasteiger partial charge >= 0.3 is 0 Å². The molecule has 7 heteroatoms. The maximum absolute atomic E-state index is 12.5. The molecule has 1 aliphatic heterocycles. The molecule has 1 amide bonds. The minimum absolute atomic E-state index is 0.0138. The maximum atomic E-state index is 12.5. The molecule has 0 saturated carbocycles. The fourth-order valence-electron chi connectivity index (χ4n) is 2.89. The summed E-state index contributed by atoms with van der Waals surface area (Å²) >= 11 is 0. The van der Waals surface area contributed by atoms with Crippen molar-refractivity contribution in [2.75, 3.05) is 13.1 Å². The molecule has 2 rings (SSSR count). The number of rotatable bonds is 3. The highest BCUT2D eigenvalue weighted by atomic mass is 32.2. The molecular weight excluding hydrogens is 304 g/mol. The van der Waals surface area contributed by atoms with Crippen LogP contribution >= 0.6 is 0 Å². The SMILES string of the molecule is CC(C)[C@]1(O)CN(C(=O)c2ccc(S(N)(=O)=O)cc2)C[C@H]1C. The highest BCUT2D eigenvalue weighted by Crippen LogP contribution is 2.34. The van der Waals surface area contributed by atoms with Crippen LogP contribution in [-0.4, -0.2) is 43.0 Å². The quantitative estimate of drug-likeness (QED) is 0.858. The molecular formula is C15H22N2O4S. The summed E-state index contributed by atoms with van der Waals surface area (Å²) in [7, 11) is -3.77. The predicted molar refractivity (Wildman–Crippen MR) is 82.7 cm³/mol. The van der Waals surface area contributed by atoms with Crippen LogP contribution in [0.5, 0.6) is 0 Å². The number of likely N-dealkylation sites (tertiary alicyclic amines) is 1. The van der Waals surface area contributed by atoms with Gasteiger partial charge in [0.1, 0.15) is 0 Å². The van der Waals surface area contributed by atoms with Gasteiger partial charge in [0.05, 0.1) is 17.0 Å². The van der Waals surface area contributed by atoms with Gasteiger partial charge in [-0.05, 0) is 30.2 Å². The first-order valence-electron chi connectivity index (χ1n) is 7.20. The van der Waals surface area contributed by atoms with E-state index in [0.29, 0.717) is 12.1 Å². The van der Waals surface area contributed by atoms with E-state index in [2.05, 4.69) is 0 Å². The third kappa shape index (κ3) is 3.02. The number of β-amino-alcohol motifs (C(OH)–C–C–N with tert-alkyl or cyclic N) is 1. The highest BCUT2D eigenvalue weighted by Gasteiger charge is 2.46. The van der Waals surface area contributed by atoms with Crippen molar-refractivity contribution in [1.82, 2.24) is 4.90 Å². The van der Waals surface area contributed by atoms with Crippen LogP contribution in [0.2, 0.25) is 0 Å². The molecule has 1 heterocycles. The minimum Gasteiger partial charge on any atom is -0.387 e. The lowest BCUT2D eigenvalue weighted by atomic mass is 9.82. The summed E-state index contributed by atoms with van der Waals surface area (Å²) in [5.41, 5.74) is -0.511. The number of nitrogens with zero attached hydrogens (tertiary/aromatic N) is 1. The van der Waals surface area contributed by atoms with E-state index in [-0.39, 0.29) is 29.2 Å². The molecule has 0 bridgehead atoms. The Balaban J connectivity index is 2.20. The summed E-state index contributed by atoms with van der Waals surface area (Å²) in [6, 6.07) is 5.52. The Kier molecular flexibility index (Phi) is 4.34. The number of carbonyl (C=O) groups is 1. The lowest BCUT2D eigenvalue weighted by Crippen LogP contribution is -2.43. The average Bonchev–Trinajstić information content (AvgIpc) is 2.74. The molecule has 1 aromatic rings. The molecule has 3 N–H and O–H groups in total. The first-order chi connectivity index (χ1) is 10.1. The monoisotopic (exact) mass is 326 g/mol. The van der Waals surface area contributed by atoms with Crippen molar-refractivity contribution < 1.29 is 18.3 Å². The largest absolute Gasteiger partial charge is 0.387 e. The Hall–Kier alpha value is -1.44. The van der Waals surface area contributed by atoms with E-state index in [1.807, 2.05) is 20.8 Å². The number of aliphatic hydroxyl groups is 1. The van der Waals surface area contributed by atoms with E-state index in [1.54, 1.807) is 4.90 Å². The van der Waals surface area contributed by atoms with Gasteiger partial charge in [0.15, 0.2) is 0 Å². The van der Waals surface area contributed by atoms with E-state index in [9.17, 15) is 18.3 Å². The summed E-state index contributed by atoms with van der Waals surface area (Å²) in [5, 5.41) is 15.7. The van der Waals surface area contributed by atoms with Gasteiger partial charge in [-0.3, -0.25) is 4.79 Å². The van der Waals surface area contributed by atoms with Crippen molar-refractivity contribution in [2.45, 2.75) is 31.3 Å². The zero-order chi connectivity index (χ0) is 16.7. The van der Waals surface area contributed by atoms with E-state index < -0.39 is 15.6 Å². The van der Waals surface area contributed by atoms with Crippen molar-refractivity contribution in [3.8, 4) is 0 Å². The molecule has 6 nitrogen and oxygen atoms in total. The van der Waals surface area contributed by atoms with Gasteiger partial charge in [-0.2, -0.15) is 0 Å². The van der Waals surface area contributed by atoms with Crippen molar-refractivity contribution >= 4 is 15.9 Å². The highest BCUT2D eigenvalue weighted by molar-refractivity contribution is 7.89. The lowest BCUT2D eigenvalue weighted by molar-refractivity contribution is -0.0243. The number of benzene rings is 1. The lowest BCUT2D eigenvalue weighted by Gasteiger charge is -2.31. The fourth-order valence-corrected chi connectivity index (χ4v) is 3.41. The summed E-state index contributed by atoms with van der Waals surface area (Å²) in [6.07, 6.45) is 0. The van der Waals surface area contributed by atoms with Gasteiger partial charge in [-0.1, -0.05) is 20.8 Å². The number of sulfonamides is 1. The second kappa shape index (κ2) is 5.64. The van der Waals surface area contributed by atoms with Crippen LogP contribution in [0, 0.1) is 11.8 Å². The molecule has 2 atom stereocenters. The zero-order valence-corrected chi connectivity index (χ0v) is 13.8. The molecule has 1 aromatic carbocycles. The van der Waals surface area contributed by atoms with Gasteiger partial charge < -0.3 is 10.0 Å². The molecule has 0 radical (unpaired) electrons. The molecule has 1 fully saturated rings. The Labute approximate surface area is 131 Å². The van der Waals surface area contributed by atoms with Crippen LogP contribution in [0.1, 0.15) is 31.1 Å². The summed E-state index contributed by atoms with van der Waals surface area (Å²) < 4.78 is 22.4. The van der Waals surface area contributed by atoms with Crippen LogP contribution in [0.25, 0.3) is 0 Å². The summed E-state index contributed by atoms with van der Waals surface area (Å²) in [6.45, 7) is 6.56. The number of amides is 1. The Morgan fingerprint density at radius 3 is 2.32 bits per heavy atom. The third-order valence-corrected chi connectivity index (χ3v) is 5.44. The standard InChI is InChI=1S/C15H22N2O4S/c1-10(2)15(19)9-17(8-11(15)3)14(18)12-4-6-13(7-5-12)22(16,20)21/h4-7,10-11,19H,8-9H2,1-3H3,(H2,16,20,21)/t11-,15-/m1/s1. The number of carbonyl (C=O) groups excluding carboxylic acids is 1. The fraction of sp³-hybridized carbons (Fsp3) is 0.533. The number of primary sulfonamides is 1. The van der Waals surface area contributed by atoms with Crippen molar-refractivity contribution in [3.63, 3.8) is 0 Å². The van der Waals surface area contributed by atoms with Crippen LogP contribution in [0.3, 0.4) is 0 Å². The van der Waals surface area contributed by atoms with Gasteiger partial charge in [0.25, 0.3) is 5.91 Å². The average molecular weight is 326 g/mol. The van der Waals surface area contributed by atoms with Gasteiger partial charge in [0, 0.05) is 18.0 Å². The number of hydrogen-bond donors (Lipinski definition) is 2. The number of nitrogens with two attached hydrogens (primary N) is 1. The molecule has 0 spiro atoms. The smallest absolute Gasteiger partial charge is 0.253 e. The second-order valence-corrected chi connectivity index (χ2v) is 7.86. The van der Waals surface area contributed by atoms with Gasteiger partial charge in [-0.25, -0.2) is 13.6 Å². The topological polar surface area (TPSA) is 101 Å². The van der Waals surface area contributed by atoms with Crippen molar-refractivity contribution in [3.05, 3.63) is 29.8 Å².